The second kappa shape index (κ2) is 16.3. The number of nitrogens with one attached hydrogen (secondary N) is 2. The van der Waals surface area contributed by atoms with E-state index in [0.29, 0.717) is 24.5 Å². The van der Waals surface area contributed by atoms with Gasteiger partial charge in [-0.2, -0.15) is 0 Å². The molecule has 2 atom stereocenters. The van der Waals surface area contributed by atoms with Crippen LogP contribution in [0.3, 0.4) is 0 Å². The molecule has 2 fully saturated rings. The number of rotatable bonds is 12. The molecule has 0 spiro atoms. The number of carbonyl (C=O) groups excluding carboxylic acids is 3. The first-order chi connectivity index (χ1) is 21.4. The van der Waals surface area contributed by atoms with Crippen molar-refractivity contribution in [3.63, 3.8) is 0 Å². The van der Waals surface area contributed by atoms with Gasteiger partial charge in [-0.15, -0.1) is 11.3 Å². The Hall–Kier alpha value is -2.66. The van der Waals surface area contributed by atoms with E-state index in [0.717, 1.165) is 43.4 Å². The summed E-state index contributed by atoms with van der Waals surface area (Å²) in [7, 11) is 0.162. The Labute approximate surface area is 261 Å². The summed E-state index contributed by atoms with van der Waals surface area (Å²) >= 11 is 7.74. The van der Waals surface area contributed by atoms with E-state index >= 15 is 0 Å². The van der Waals surface area contributed by atoms with Gasteiger partial charge in [-0.1, -0.05) is 55.5 Å². The number of unbranched alkanes of at least 4 members (excludes halogenated alkanes) is 1. The number of hydrogen-bond donors (Lipinski definition) is 2. The SMILES string of the molecule is [2H]CN(C[2H])CCCC[C@H](NC1CCCCC1)C(=O)N1CCN(C(=O)Oc2ccccc2Cl)C[C@H]1C(=O)NCc1cccs1. The van der Waals surface area contributed by atoms with Crippen molar-refractivity contribution in [3.8, 4) is 5.75 Å². The number of hydrogen-bond acceptors (Lipinski definition) is 7. The van der Waals surface area contributed by atoms with E-state index in [-0.39, 0.29) is 57.3 Å². The number of carbonyl (C=O) groups is 3. The molecule has 4 rings (SSSR count). The Kier molecular flexibility index (Phi) is 11.4. The van der Waals surface area contributed by atoms with E-state index in [4.69, 9.17) is 19.1 Å². The topological polar surface area (TPSA) is 94.2 Å². The van der Waals surface area contributed by atoms with Gasteiger partial charge in [-0.25, -0.2) is 4.79 Å². The van der Waals surface area contributed by atoms with Crippen molar-refractivity contribution in [2.75, 3.05) is 40.2 Å². The van der Waals surface area contributed by atoms with Gasteiger partial charge in [-0.3, -0.25) is 9.59 Å². The summed E-state index contributed by atoms with van der Waals surface area (Å²) in [6.07, 6.45) is 6.99. The van der Waals surface area contributed by atoms with Gasteiger partial charge < -0.3 is 30.1 Å². The van der Waals surface area contributed by atoms with Gasteiger partial charge in [0.15, 0.2) is 5.75 Å². The van der Waals surface area contributed by atoms with Crippen molar-refractivity contribution in [1.82, 2.24) is 25.3 Å². The van der Waals surface area contributed by atoms with Crippen LogP contribution in [-0.4, -0.2) is 91.0 Å². The number of halogens is 1. The standard InChI is InChI=1S/C31H44ClN5O4S/c1-35(2)17-9-8-15-26(34-23-11-4-3-5-12-23)30(39)37-19-18-36(31(40)41-28-16-7-6-14-25(28)32)22-27(37)29(38)33-21-24-13-10-20-42-24/h6-7,10,13-14,16,20,23,26-27,34H,3-5,8-9,11-12,15,17-19,21-22H2,1-2H3,(H,33,38)/t26-,27-/m0/s1/i1D,2D. The minimum Gasteiger partial charge on any atom is -0.409 e. The van der Waals surface area contributed by atoms with Gasteiger partial charge in [0.25, 0.3) is 0 Å². The number of thiophene rings is 1. The van der Waals surface area contributed by atoms with Gasteiger partial charge in [0.1, 0.15) is 6.04 Å². The minimum absolute atomic E-state index is 0.00338. The van der Waals surface area contributed by atoms with E-state index in [2.05, 4.69) is 10.6 Å². The maximum Gasteiger partial charge on any atom is 0.415 e. The van der Waals surface area contributed by atoms with Crippen LogP contribution in [-0.2, 0) is 16.1 Å². The molecular weight excluding hydrogens is 574 g/mol. The molecular formula is C31H44ClN5O4S. The zero-order valence-corrected chi connectivity index (χ0v) is 25.7. The third-order valence-electron chi connectivity index (χ3n) is 7.83. The second-order valence-corrected chi connectivity index (χ2v) is 12.5. The highest BCUT2D eigenvalue weighted by Gasteiger charge is 2.40. The van der Waals surface area contributed by atoms with Crippen LogP contribution in [0.15, 0.2) is 41.8 Å². The molecule has 2 N–H and O–H groups in total. The van der Waals surface area contributed by atoms with Crippen molar-refractivity contribution in [2.45, 2.75) is 76.0 Å². The summed E-state index contributed by atoms with van der Waals surface area (Å²) in [4.78, 5) is 46.8. The molecule has 2 aromatic rings. The summed E-state index contributed by atoms with van der Waals surface area (Å²) in [6, 6.07) is 9.48. The Morgan fingerprint density at radius 2 is 1.93 bits per heavy atom. The molecule has 0 bridgehead atoms. The van der Waals surface area contributed by atoms with Gasteiger partial charge in [-0.05, 0) is 69.9 Å². The second-order valence-electron chi connectivity index (χ2n) is 11.0. The van der Waals surface area contributed by atoms with Crippen molar-refractivity contribution >= 4 is 40.8 Å². The van der Waals surface area contributed by atoms with Gasteiger partial charge in [0, 0.05) is 26.8 Å². The fraction of sp³-hybridized carbons (Fsp3) is 0.581. The molecule has 2 heterocycles. The number of benzene rings is 1. The zero-order valence-electron chi connectivity index (χ0n) is 26.1. The summed E-state index contributed by atoms with van der Waals surface area (Å²) in [5.41, 5.74) is 0. The molecule has 1 saturated heterocycles. The van der Waals surface area contributed by atoms with Crippen LogP contribution in [0.1, 0.15) is 59.0 Å². The lowest BCUT2D eigenvalue weighted by atomic mass is 9.94. The molecule has 1 aromatic carbocycles. The fourth-order valence-corrected chi connectivity index (χ4v) is 6.36. The lowest BCUT2D eigenvalue weighted by Gasteiger charge is -2.42. The van der Waals surface area contributed by atoms with Crippen LogP contribution in [0.4, 0.5) is 4.79 Å². The number of amides is 3. The molecule has 1 saturated carbocycles. The summed E-state index contributed by atoms with van der Waals surface area (Å²) in [5.74, 6) is -0.216. The quantitative estimate of drug-likeness (QED) is 0.333. The Morgan fingerprint density at radius 3 is 2.67 bits per heavy atom. The molecule has 3 amide bonds. The van der Waals surface area contributed by atoms with Crippen molar-refractivity contribution < 1.29 is 21.9 Å². The lowest BCUT2D eigenvalue weighted by molar-refractivity contribution is -0.145. The predicted molar refractivity (Wildman–Crippen MR) is 167 cm³/mol. The van der Waals surface area contributed by atoms with E-state index < -0.39 is 18.2 Å². The highest BCUT2D eigenvalue weighted by molar-refractivity contribution is 7.09. The van der Waals surface area contributed by atoms with E-state index in [1.165, 1.54) is 22.7 Å². The van der Waals surface area contributed by atoms with Crippen LogP contribution >= 0.6 is 22.9 Å². The molecule has 42 heavy (non-hydrogen) atoms. The molecule has 1 aromatic heterocycles. The largest absolute Gasteiger partial charge is 0.415 e. The average molecular weight is 620 g/mol. The molecule has 11 heteroatoms. The van der Waals surface area contributed by atoms with Gasteiger partial charge in [0.2, 0.25) is 11.8 Å². The Bertz CT molecular complexity index is 1200. The molecule has 2 aliphatic rings. The van der Waals surface area contributed by atoms with Crippen LogP contribution in [0.25, 0.3) is 0 Å². The van der Waals surface area contributed by atoms with Crippen molar-refractivity contribution in [1.29, 1.82) is 0 Å². The highest BCUT2D eigenvalue weighted by atomic mass is 35.5. The monoisotopic (exact) mass is 619 g/mol. The van der Waals surface area contributed by atoms with Crippen LogP contribution in [0, 0.1) is 0 Å². The third kappa shape index (κ3) is 9.42. The number of para-hydroxylation sites is 1. The number of nitrogens with zero attached hydrogens (tertiary/aromatic N) is 3. The first kappa shape index (κ1) is 29.4. The first-order valence-corrected chi connectivity index (χ1v) is 16.0. The fourth-order valence-electron chi connectivity index (χ4n) is 5.54. The molecule has 1 aliphatic carbocycles. The van der Waals surface area contributed by atoms with Crippen LogP contribution in [0.5, 0.6) is 5.75 Å². The molecule has 9 nitrogen and oxygen atoms in total. The number of piperazine rings is 1. The van der Waals surface area contributed by atoms with E-state index in [1.54, 1.807) is 34.1 Å². The summed E-state index contributed by atoms with van der Waals surface area (Å²) < 4.78 is 20.7. The molecule has 0 radical (unpaired) electrons. The summed E-state index contributed by atoms with van der Waals surface area (Å²) in [5, 5.41) is 8.85. The third-order valence-corrected chi connectivity index (χ3v) is 9.02. The van der Waals surface area contributed by atoms with E-state index in [9.17, 15) is 14.4 Å². The van der Waals surface area contributed by atoms with Crippen LogP contribution in [0.2, 0.25) is 5.02 Å². The minimum atomic E-state index is -0.882. The first-order valence-electron chi connectivity index (χ1n) is 16.2. The number of ether oxygens (including phenoxy) is 1. The van der Waals surface area contributed by atoms with Gasteiger partial charge in [0.05, 0.1) is 24.2 Å². The van der Waals surface area contributed by atoms with Crippen LogP contribution < -0.4 is 15.4 Å². The highest BCUT2D eigenvalue weighted by Crippen LogP contribution is 2.25. The van der Waals surface area contributed by atoms with Crippen molar-refractivity contribution in [2.24, 2.45) is 0 Å². The maximum atomic E-state index is 14.2. The summed E-state index contributed by atoms with van der Waals surface area (Å²) in [6.45, 7) is 1.40. The smallest absolute Gasteiger partial charge is 0.409 e. The predicted octanol–water partition coefficient (Wildman–Crippen LogP) is 4.75. The molecule has 1 aliphatic heterocycles. The Balaban J connectivity index is 1.48. The maximum absolute atomic E-state index is 14.2. The van der Waals surface area contributed by atoms with Gasteiger partial charge >= 0.3 is 6.09 Å². The van der Waals surface area contributed by atoms with Crippen molar-refractivity contribution in [3.05, 3.63) is 51.7 Å². The molecule has 0 unspecified atom stereocenters. The molecule has 230 valence electrons. The van der Waals surface area contributed by atoms with E-state index in [1.807, 2.05) is 17.5 Å². The Morgan fingerprint density at radius 1 is 1.12 bits per heavy atom. The normalized spacial score (nSPS) is 19.2. The average Bonchev–Trinajstić information content (AvgIpc) is 3.58. The zero-order chi connectivity index (χ0) is 31.3. The lowest BCUT2D eigenvalue weighted by Crippen LogP contribution is -2.64.